The molecule has 3 rings (SSSR count). The van der Waals surface area contributed by atoms with Crippen LogP contribution in [0.3, 0.4) is 0 Å². The molecule has 114 valence electrons. The Hall–Kier alpha value is -1.20. The second kappa shape index (κ2) is 5.89. The number of carbonyl (C=O) groups is 1. The molecule has 0 aliphatic heterocycles. The Morgan fingerprint density at radius 2 is 2.05 bits per heavy atom. The zero-order chi connectivity index (χ0) is 14.9. The normalized spacial score (nSPS) is 28.5. The maximum atomic E-state index is 11.7. The summed E-state index contributed by atoms with van der Waals surface area (Å²) in [5, 5.41) is 13.3. The van der Waals surface area contributed by atoms with Gasteiger partial charge in [0.1, 0.15) is 11.3 Å². The number of carboxylic acid groups (broad SMARTS) is 1. The Bertz CT molecular complexity index is 515. The van der Waals surface area contributed by atoms with Crippen LogP contribution in [0.5, 0.6) is 5.75 Å². The molecule has 0 spiro atoms. The number of thioether (sulfide) groups is 1. The van der Waals surface area contributed by atoms with Crippen LogP contribution >= 0.6 is 11.8 Å². The van der Waals surface area contributed by atoms with Gasteiger partial charge in [0.25, 0.3) is 0 Å². The molecular weight excluding hydrogens is 286 g/mol. The largest absolute Gasteiger partial charge is 0.497 e. The van der Waals surface area contributed by atoms with Crippen LogP contribution < -0.4 is 10.1 Å². The molecule has 4 nitrogen and oxygen atoms in total. The second-order valence-electron chi connectivity index (χ2n) is 5.96. The SMILES string of the molecule is COc1ccc(SC2CCC(NC3CC3)(C(=O)O)C2)cc1. The van der Waals surface area contributed by atoms with E-state index in [1.807, 2.05) is 24.3 Å². The van der Waals surface area contributed by atoms with Gasteiger partial charge in [0.05, 0.1) is 7.11 Å². The van der Waals surface area contributed by atoms with Crippen LogP contribution in [0, 0.1) is 0 Å². The molecule has 0 heterocycles. The van der Waals surface area contributed by atoms with E-state index in [9.17, 15) is 9.90 Å². The van der Waals surface area contributed by atoms with Gasteiger partial charge in [0.15, 0.2) is 0 Å². The summed E-state index contributed by atoms with van der Waals surface area (Å²) in [6, 6.07) is 8.40. The molecule has 2 unspecified atom stereocenters. The minimum atomic E-state index is -0.703. The summed E-state index contributed by atoms with van der Waals surface area (Å²) < 4.78 is 5.16. The number of hydrogen-bond acceptors (Lipinski definition) is 4. The minimum absolute atomic E-state index is 0.362. The molecule has 0 saturated heterocycles. The fourth-order valence-electron chi connectivity index (χ4n) is 2.95. The van der Waals surface area contributed by atoms with Gasteiger partial charge in [-0.25, -0.2) is 0 Å². The van der Waals surface area contributed by atoms with Crippen molar-refractivity contribution in [3.63, 3.8) is 0 Å². The Morgan fingerprint density at radius 1 is 1.33 bits per heavy atom. The first-order chi connectivity index (χ1) is 10.1. The van der Waals surface area contributed by atoms with Crippen molar-refractivity contribution in [3.05, 3.63) is 24.3 Å². The zero-order valence-corrected chi connectivity index (χ0v) is 13.0. The van der Waals surface area contributed by atoms with Gasteiger partial charge in [0.2, 0.25) is 0 Å². The lowest BCUT2D eigenvalue weighted by Crippen LogP contribution is -2.51. The van der Waals surface area contributed by atoms with Crippen molar-refractivity contribution in [2.75, 3.05) is 7.11 Å². The monoisotopic (exact) mass is 307 g/mol. The molecule has 2 atom stereocenters. The highest BCUT2D eigenvalue weighted by Gasteiger charge is 2.48. The van der Waals surface area contributed by atoms with Crippen LogP contribution in [0.4, 0.5) is 0 Å². The van der Waals surface area contributed by atoms with Crippen LogP contribution in [0.15, 0.2) is 29.2 Å². The van der Waals surface area contributed by atoms with Gasteiger partial charge < -0.3 is 9.84 Å². The number of nitrogens with one attached hydrogen (secondary N) is 1. The molecule has 2 fully saturated rings. The second-order valence-corrected chi connectivity index (χ2v) is 7.34. The minimum Gasteiger partial charge on any atom is -0.497 e. The lowest BCUT2D eigenvalue weighted by Gasteiger charge is -2.26. The van der Waals surface area contributed by atoms with Gasteiger partial charge in [-0.1, -0.05) is 0 Å². The molecule has 2 saturated carbocycles. The van der Waals surface area contributed by atoms with E-state index in [-0.39, 0.29) is 0 Å². The maximum Gasteiger partial charge on any atom is 0.323 e. The number of carboxylic acids is 1. The molecule has 21 heavy (non-hydrogen) atoms. The number of hydrogen-bond donors (Lipinski definition) is 2. The number of benzene rings is 1. The molecule has 2 aliphatic rings. The van der Waals surface area contributed by atoms with E-state index in [4.69, 9.17) is 4.74 Å². The Labute approximate surface area is 129 Å². The molecule has 0 amide bonds. The number of ether oxygens (including phenoxy) is 1. The average molecular weight is 307 g/mol. The average Bonchev–Trinajstić information content (AvgIpc) is 3.19. The quantitative estimate of drug-likeness (QED) is 0.846. The molecule has 5 heteroatoms. The Balaban J connectivity index is 1.63. The summed E-state index contributed by atoms with van der Waals surface area (Å²) >= 11 is 1.78. The topological polar surface area (TPSA) is 58.6 Å². The summed E-state index contributed by atoms with van der Waals surface area (Å²) in [5.41, 5.74) is -0.703. The van der Waals surface area contributed by atoms with Crippen LogP contribution in [-0.4, -0.2) is 35.0 Å². The fraction of sp³-hybridized carbons (Fsp3) is 0.562. The zero-order valence-electron chi connectivity index (χ0n) is 12.2. The molecule has 0 aromatic heterocycles. The van der Waals surface area contributed by atoms with Crippen molar-refractivity contribution in [2.24, 2.45) is 0 Å². The summed E-state index contributed by atoms with van der Waals surface area (Å²) in [6.45, 7) is 0. The molecule has 2 N–H and O–H groups in total. The van der Waals surface area contributed by atoms with Crippen LogP contribution in [-0.2, 0) is 4.79 Å². The van der Waals surface area contributed by atoms with Crippen molar-refractivity contribution >= 4 is 17.7 Å². The highest BCUT2D eigenvalue weighted by Crippen LogP contribution is 2.42. The lowest BCUT2D eigenvalue weighted by molar-refractivity contribution is -0.144. The third-order valence-electron chi connectivity index (χ3n) is 4.30. The first-order valence-electron chi connectivity index (χ1n) is 7.43. The van der Waals surface area contributed by atoms with Gasteiger partial charge in [-0.3, -0.25) is 10.1 Å². The van der Waals surface area contributed by atoms with Crippen LogP contribution in [0.1, 0.15) is 32.1 Å². The van der Waals surface area contributed by atoms with E-state index in [2.05, 4.69) is 5.32 Å². The molecule has 0 radical (unpaired) electrons. The van der Waals surface area contributed by atoms with Gasteiger partial charge in [-0.2, -0.15) is 0 Å². The van der Waals surface area contributed by atoms with Crippen molar-refractivity contribution in [3.8, 4) is 5.75 Å². The van der Waals surface area contributed by atoms with Gasteiger partial charge in [-0.05, 0) is 56.4 Å². The maximum absolute atomic E-state index is 11.7. The van der Waals surface area contributed by atoms with Crippen molar-refractivity contribution < 1.29 is 14.6 Å². The van der Waals surface area contributed by atoms with E-state index in [0.29, 0.717) is 17.7 Å². The lowest BCUT2D eigenvalue weighted by atomic mass is 9.98. The Kier molecular flexibility index (Phi) is 4.13. The summed E-state index contributed by atoms with van der Waals surface area (Å²) in [7, 11) is 1.66. The van der Waals surface area contributed by atoms with Gasteiger partial charge >= 0.3 is 5.97 Å². The predicted molar refractivity (Wildman–Crippen MR) is 83.0 cm³/mol. The van der Waals surface area contributed by atoms with E-state index < -0.39 is 11.5 Å². The Morgan fingerprint density at radius 3 is 2.62 bits per heavy atom. The summed E-state index contributed by atoms with van der Waals surface area (Å²) in [4.78, 5) is 12.9. The predicted octanol–water partition coefficient (Wildman–Crippen LogP) is 2.92. The highest BCUT2D eigenvalue weighted by atomic mass is 32.2. The fourth-order valence-corrected chi connectivity index (χ4v) is 4.23. The molecule has 2 aliphatic carbocycles. The van der Waals surface area contributed by atoms with Crippen molar-refractivity contribution in [1.82, 2.24) is 5.32 Å². The van der Waals surface area contributed by atoms with Crippen molar-refractivity contribution in [1.29, 1.82) is 0 Å². The third-order valence-corrected chi connectivity index (χ3v) is 5.58. The molecular formula is C16H21NO3S. The third kappa shape index (κ3) is 3.35. The smallest absolute Gasteiger partial charge is 0.323 e. The van der Waals surface area contributed by atoms with Crippen molar-refractivity contribution in [2.45, 2.75) is 53.8 Å². The number of methoxy groups -OCH3 is 1. The summed E-state index contributed by atoms with van der Waals surface area (Å²) in [5.74, 6) is 0.160. The van der Waals surface area contributed by atoms with E-state index in [1.165, 1.54) is 4.90 Å². The van der Waals surface area contributed by atoms with E-state index in [0.717, 1.165) is 31.4 Å². The number of aliphatic carboxylic acids is 1. The van der Waals surface area contributed by atoms with E-state index in [1.54, 1.807) is 18.9 Å². The first kappa shape index (κ1) is 14.7. The standard InChI is InChI=1S/C16H21NO3S/c1-20-12-4-6-13(7-5-12)21-14-8-9-16(10-14,15(18)19)17-11-2-3-11/h4-7,11,14,17H,2-3,8-10H2,1H3,(H,18,19). The summed E-state index contributed by atoms with van der Waals surface area (Å²) in [6.07, 6.45) is 4.61. The van der Waals surface area contributed by atoms with E-state index >= 15 is 0 Å². The molecule has 1 aromatic carbocycles. The van der Waals surface area contributed by atoms with Gasteiger partial charge in [-0.15, -0.1) is 11.8 Å². The van der Waals surface area contributed by atoms with Crippen LogP contribution in [0.2, 0.25) is 0 Å². The molecule has 0 bridgehead atoms. The van der Waals surface area contributed by atoms with Crippen LogP contribution in [0.25, 0.3) is 0 Å². The van der Waals surface area contributed by atoms with Gasteiger partial charge in [0, 0.05) is 16.2 Å². The first-order valence-corrected chi connectivity index (χ1v) is 8.31. The highest BCUT2D eigenvalue weighted by molar-refractivity contribution is 8.00. The molecule has 1 aromatic rings. The number of rotatable bonds is 6.